The first-order valence-corrected chi connectivity index (χ1v) is 24.0. The lowest BCUT2D eigenvalue weighted by Crippen LogP contribution is -2.29. The van der Waals surface area contributed by atoms with Gasteiger partial charge in [-0.05, 0) is 120 Å². The number of hydrogen-bond donors (Lipinski definition) is 0. The van der Waals surface area contributed by atoms with Gasteiger partial charge >= 0.3 is 0 Å². The van der Waals surface area contributed by atoms with E-state index in [1.54, 1.807) is 0 Å². The Morgan fingerprint density at radius 2 is 0.594 bits per heavy atom. The molecule has 0 bridgehead atoms. The Morgan fingerprint density at radius 3 is 1.13 bits per heavy atom. The standard InChI is InChI=1S/C68H47N/c1-5-22-48(23-6-1)49-24-21-25-50(46-49)57-32-16-20-39-66(57)69(55-42-40-54(41-43-55)67(51-26-7-2-8-27-51)62-36-17-13-33-58(62)59-34-14-18-37-63(59)67)56-44-45-61-60-35-15-19-38-64(60)68(65(61)47-56,52-28-9-3-10-29-52)53-30-11-4-12-31-53/h1-47H. The van der Waals surface area contributed by atoms with Crippen LogP contribution < -0.4 is 4.90 Å². The molecule has 0 amide bonds. The van der Waals surface area contributed by atoms with Crippen LogP contribution in [-0.2, 0) is 10.8 Å². The third kappa shape index (κ3) is 6.24. The van der Waals surface area contributed by atoms with Crippen molar-refractivity contribution >= 4 is 17.1 Å². The van der Waals surface area contributed by atoms with Crippen molar-refractivity contribution in [1.29, 1.82) is 0 Å². The number of para-hydroxylation sites is 1. The molecule has 0 spiro atoms. The summed E-state index contributed by atoms with van der Waals surface area (Å²) in [7, 11) is 0. The van der Waals surface area contributed by atoms with E-state index in [1.165, 1.54) is 77.9 Å². The minimum Gasteiger partial charge on any atom is -0.310 e. The smallest absolute Gasteiger partial charge is 0.0714 e. The van der Waals surface area contributed by atoms with E-state index in [9.17, 15) is 0 Å². The van der Waals surface area contributed by atoms with Crippen LogP contribution in [0.5, 0.6) is 0 Å². The molecule has 324 valence electrons. The molecule has 13 rings (SSSR count). The Morgan fingerprint density at radius 1 is 0.217 bits per heavy atom. The summed E-state index contributed by atoms with van der Waals surface area (Å²) in [6.07, 6.45) is 0. The molecule has 2 aliphatic rings. The molecule has 0 heterocycles. The summed E-state index contributed by atoms with van der Waals surface area (Å²) >= 11 is 0. The first-order valence-electron chi connectivity index (χ1n) is 24.0. The molecule has 1 nitrogen and oxygen atoms in total. The summed E-state index contributed by atoms with van der Waals surface area (Å²) in [6, 6.07) is 106. The molecule has 69 heavy (non-hydrogen) atoms. The van der Waals surface area contributed by atoms with Gasteiger partial charge in [-0.3, -0.25) is 0 Å². The van der Waals surface area contributed by atoms with Gasteiger partial charge in [-0.2, -0.15) is 0 Å². The van der Waals surface area contributed by atoms with Gasteiger partial charge < -0.3 is 4.90 Å². The van der Waals surface area contributed by atoms with Crippen molar-refractivity contribution in [2.24, 2.45) is 0 Å². The minimum absolute atomic E-state index is 0.502. The summed E-state index contributed by atoms with van der Waals surface area (Å²) < 4.78 is 0. The highest BCUT2D eigenvalue weighted by molar-refractivity contribution is 5.93. The van der Waals surface area contributed by atoms with Crippen molar-refractivity contribution in [3.8, 4) is 44.5 Å². The predicted molar refractivity (Wildman–Crippen MR) is 287 cm³/mol. The lowest BCUT2D eigenvalue weighted by Gasteiger charge is -2.36. The first-order chi connectivity index (χ1) is 34.2. The second kappa shape index (κ2) is 16.5. The number of hydrogen-bond acceptors (Lipinski definition) is 1. The van der Waals surface area contributed by atoms with Gasteiger partial charge in [0.2, 0.25) is 0 Å². The van der Waals surface area contributed by atoms with E-state index >= 15 is 0 Å². The molecule has 2 aliphatic carbocycles. The maximum Gasteiger partial charge on any atom is 0.0714 e. The fourth-order valence-electron chi connectivity index (χ4n) is 12.0. The van der Waals surface area contributed by atoms with E-state index in [1.807, 2.05) is 0 Å². The van der Waals surface area contributed by atoms with Gasteiger partial charge in [0, 0.05) is 16.9 Å². The van der Waals surface area contributed by atoms with Crippen LogP contribution in [0.2, 0.25) is 0 Å². The summed E-state index contributed by atoms with van der Waals surface area (Å²) in [5, 5.41) is 0. The van der Waals surface area contributed by atoms with Crippen molar-refractivity contribution in [2.45, 2.75) is 10.8 Å². The zero-order valence-corrected chi connectivity index (χ0v) is 38.1. The first kappa shape index (κ1) is 40.5. The monoisotopic (exact) mass is 877 g/mol. The highest BCUT2D eigenvalue weighted by Crippen LogP contribution is 2.59. The number of rotatable bonds is 9. The molecule has 0 aliphatic heterocycles. The average molecular weight is 878 g/mol. The molecule has 0 fully saturated rings. The van der Waals surface area contributed by atoms with E-state index in [4.69, 9.17) is 0 Å². The molecular weight excluding hydrogens is 831 g/mol. The van der Waals surface area contributed by atoms with Crippen molar-refractivity contribution < 1.29 is 0 Å². The maximum absolute atomic E-state index is 2.49. The average Bonchev–Trinajstić information content (AvgIpc) is 3.91. The second-order valence-corrected chi connectivity index (χ2v) is 18.3. The van der Waals surface area contributed by atoms with Gasteiger partial charge in [-0.15, -0.1) is 0 Å². The van der Waals surface area contributed by atoms with Gasteiger partial charge in [-0.25, -0.2) is 0 Å². The second-order valence-electron chi connectivity index (χ2n) is 18.3. The zero-order chi connectivity index (χ0) is 45.8. The van der Waals surface area contributed by atoms with E-state index in [0.29, 0.717) is 0 Å². The number of benzene rings is 11. The molecule has 0 saturated carbocycles. The fraction of sp³-hybridized carbons (Fsp3) is 0.0294. The van der Waals surface area contributed by atoms with Crippen molar-refractivity contribution in [3.63, 3.8) is 0 Å². The SMILES string of the molecule is c1ccc(-c2cccc(-c3ccccc3N(c3ccc(C4(c5ccccc5)c5ccccc5-c5ccccc54)cc3)c3ccc4c(c3)C(c3ccccc3)(c3ccccc3)c3ccccc3-4)c2)cc1. The molecule has 11 aromatic carbocycles. The fourth-order valence-corrected chi connectivity index (χ4v) is 12.0. The molecule has 0 atom stereocenters. The Balaban J connectivity index is 1.05. The Kier molecular flexibility index (Phi) is 9.70. The van der Waals surface area contributed by atoms with E-state index in [0.717, 1.165) is 28.2 Å². The number of anilines is 3. The highest BCUT2D eigenvalue weighted by atomic mass is 15.1. The van der Waals surface area contributed by atoms with E-state index < -0.39 is 10.8 Å². The molecule has 0 N–H and O–H groups in total. The third-order valence-corrected chi connectivity index (χ3v) is 14.8. The van der Waals surface area contributed by atoms with Crippen LogP contribution in [0, 0.1) is 0 Å². The molecule has 0 unspecified atom stereocenters. The zero-order valence-electron chi connectivity index (χ0n) is 38.1. The van der Waals surface area contributed by atoms with Gasteiger partial charge in [0.05, 0.1) is 16.5 Å². The predicted octanol–water partition coefficient (Wildman–Crippen LogP) is 17.2. The van der Waals surface area contributed by atoms with E-state index in [-0.39, 0.29) is 0 Å². The Bertz CT molecular complexity index is 3570. The molecule has 1 heteroatoms. The normalized spacial score (nSPS) is 13.4. The molecule has 0 radical (unpaired) electrons. The summed E-state index contributed by atoms with van der Waals surface area (Å²) in [5.74, 6) is 0. The lowest BCUT2D eigenvalue weighted by molar-refractivity contribution is 0.768. The summed E-state index contributed by atoms with van der Waals surface area (Å²) in [4.78, 5) is 2.49. The van der Waals surface area contributed by atoms with Crippen LogP contribution >= 0.6 is 0 Å². The largest absolute Gasteiger partial charge is 0.310 e. The van der Waals surface area contributed by atoms with Crippen LogP contribution in [0.25, 0.3) is 44.5 Å². The van der Waals surface area contributed by atoms with Crippen LogP contribution in [-0.4, -0.2) is 0 Å². The maximum atomic E-state index is 2.49. The number of fused-ring (bicyclic) bond motifs is 6. The van der Waals surface area contributed by atoms with Gasteiger partial charge in [0.25, 0.3) is 0 Å². The third-order valence-electron chi connectivity index (χ3n) is 14.8. The topological polar surface area (TPSA) is 3.24 Å². The Hall–Kier alpha value is -8.78. The Labute approximate surface area is 404 Å². The van der Waals surface area contributed by atoms with Gasteiger partial charge in [-0.1, -0.05) is 249 Å². The molecule has 0 saturated heterocycles. The van der Waals surface area contributed by atoms with Crippen LogP contribution in [0.3, 0.4) is 0 Å². The van der Waals surface area contributed by atoms with Crippen LogP contribution in [0.4, 0.5) is 17.1 Å². The van der Waals surface area contributed by atoms with Crippen LogP contribution in [0.1, 0.15) is 44.5 Å². The quantitative estimate of drug-likeness (QED) is 0.140. The summed E-state index contributed by atoms with van der Waals surface area (Å²) in [5.41, 5.74) is 22.2. The van der Waals surface area contributed by atoms with Gasteiger partial charge in [0.1, 0.15) is 0 Å². The van der Waals surface area contributed by atoms with Crippen molar-refractivity contribution in [1.82, 2.24) is 0 Å². The lowest BCUT2D eigenvalue weighted by atomic mass is 9.67. The number of nitrogens with zero attached hydrogens (tertiary/aromatic N) is 1. The molecule has 0 aromatic heterocycles. The van der Waals surface area contributed by atoms with Crippen molar-refractivity contribution in [3.05, 3.63) is 330 Å². The van der Waals surface area contributed by atoms with Crippen molar-refractivity contribution in [2.75, 3.05) is 4.90 Å². The summed E-state index contributed by atoms with van der Waals surface area (Å²) in [6.45, 7) is 0. The minimum atomic E-state index is -0.547. The molecule has 11 aromatic rings. The van der Waals surface area contributed by atoms with Crippen LogP contribution in [0.15, 0.2) is 285 Å². The van der Waals surface area contributed by atoms with Gasteiger partial charge in [0.15, 0.2) is 0 Å². The molecular formula is C68H47N. The van der Waals surface area contributed by atoms with E-state index in [2.05, 4.69) is 290 Å². The highest BCUT2D eigenvalue weighted by Gasteiger charge is 2.47.